The predicted octanol–water partition coefficient (Wildman–Crippen LogP) is 1.99. The van der Waals surface area contributed by atoms with Crippen molar-refractivity contribution < 1.29 is 9.59 Å². The Morgan fingerprint density at radius 1 is 1.00 bits per heavy atom. The lowest BCUT2D eigenvalue weighted by atomic mass is 9.91. The smallest absolute Gasteiger partial charge is 0.253 e. The number of hydrogen-bond acceptors (Lipinski definition) is 5. The number of rotatable bonds is 6. The van der Waals surface area contributed by atoms with E-state index in [4.69, 9.17) is 0 Å². The van der Waals surface area contributed by atoms with Crippen LogP contribution >= 0.6 is 0 Å². The summed E-state index contributed by atoms with van der Waals surface area (Å²) in [6.45, 7) is 11.9. The first-order valence-electron chi connectivity index (χ1n) is 12.3. The third-order valence-corrected chi connectivity index (χ3v) is 7.54. The Hall–Kier alpha value is -2.12. The Bertz CT molecular complexity index is 793. The van der Waals surface area contributed by atoms with Gasteiger partial charge < -0.3 is 14.7 Å². The molecule has 0 bridgehead atoms. The van der Waals surface area contributed by atoms with Crippen LogP contribution in [0.1, 0.15) is 43.5 Å². The molecule has 2 aliphatic heterocycles. The molecule has 7 nitrogen and oxygen atoms in total. The van der Waals surface area contributed by atoms with E-state index in [0.717, 1.165) is 69.7 Å². The summed E-state index contributed by atoms with van der Waals surface area (Å²) in [6, 6.07) is 8.90. The lowest BCUT2D eigenvalue weighted by molar-refractivity contribution is -0.134. The fourth-order valence-corrected chi connectivity index (χ4v) is 4.82. The third-order valence-electron chi connectivity index (χ3n) is 7.54. The standard InChI is InChI=1S/C25H39N5O2/c1-20(2)26(3)25(32)21-6-4-9-23(18-21)29-12-10-27(11-13-29)19-24(31)30-16-14-28(15-17-30)22-7-5-8-22/h4,6,9,18,20,22H,5,7-8,10-17,19H2,1-3H3. The molecule has 7 heteroatoms. The van der Waals surface area contributed by atoms with Crippen molar-refractivity contribution in [3.8, 4) is 0 Å². The minimum absolute atomic E-state index is 0.0588. The van der Waals surface area contributed by atoms with Crippen LogP contribution in [0.15, 0.2) is 24.3 Å². The molecule has 2 saturated heterocycles. The van der Waals surface area contributed by atoms with Crippen molar-refractivity contribution in [3.63, 3.8) is 0 Å². The maximum absolute atomic E-state index is 12.8. The lowest BCUT2D eigenvalue weighted by Crippen LogP contribution is -2.56. The highest BCUT2D eigenvalue weighted by Gasteiger charge is 2.30. The number of hydrogen-bond donors (Lipinski definition) is 0. The SMILES string of the molecule is CC(C)N(C)C(=O)c1cccc(N2CCN(CC(=O)N3CCN(C4CCC4)CC3)CC2)c1. The second-order valence-corrected chi connectivity index (χ2v) is 9.82. The predicted molar refractivity (Wildman–Crippen MR) is 128 cm³/mol. The minimum atomic E-state index is 0.0588. The minimum Gasteiger partial charge on any atom is -0.369 e. The molecule has 3 fully saturated rings. The molecule has 1 saturated carbocycles. The zero-order chi connectivity index (χ0) is 22.7. The highest BCUT2D eigenvalue weighted by Crippen LogP contribution is 2.25. The number of nitrogens with zero attached hydrogens (tertiary/aromatic N) is 5. The van der Waals surface area contributed by atoms with Gasteiger partial charge in [0.1, 0.15) is 0 Å². The zero-order valence-corrected chi connectivity index (χ0v) is 20.0. The Labute approximate surface area is 192 Å². The Morgan fingerprint density at radius 2 is 1.69 bits per heavy atom. The zero-order valence-electron chi connectivity index (χ0n) is 20.0. The molecule has 4 rings (SSSR count). The van der Waals surface area contributed by atoms with Crippen LogP contribution in [0.4, 0.5) is 5.69 Å². The largest absolute Gasteiger partial charge is 0.369 e. The van der Waals surface area contributed by atoms with Gasteiger partial charge in [-0.2, -0.15) is 0 Å². The van der Waals surface area contributed by atoms with Crippen LogP contribution < -0.4 is 4.90 Å². The van der Waals surface area contributed by atoms with E-state index in [2.05, 4.69) is 25.7 Å². The molecule has 3 aliphatic rings. The van der Waals surface area contributed by atoms with E-state index >= 15 is 0 Å². The van der Waals surface area contributed by atoms with Crippen LogP contribution in [0.25, 0.3) is 0 Å². The van der Waals surface area contributed by atoms with Gasteiger partial charge in [-0.3, -0.25) is 19.4 Å². The van der Waals surface area contributed by atoms with Crippen LogP contribution in [0.3, 0.4) is 0 Å². The van der Waals surface area contributed by atoms with E-state index in [1.54, 1.807) is 4.90 Å². The molecule has 32 heavy (non-hydrogen) atoms. The number of carbonyl (C=O) groups excluding carboxylic acids is 2. The van der Waals surface area contributed by atoms with Crippen molar-refractivity contribution in [2.24, 2.45) is 0 Å². The molecule has 2 amide bonds. The number of anilines is 1. The van der Waals surface area contributed by atoms with Gasteiger partial charge in [-0.1, -0.05) is 12.5 Å². The summed E-state index contributed by atoms with van der Waals surface area (Å²) in [5.74, 6) is 0.333. The van der Waals surface area contributed by atoms with Crippen molar-refractivity contribution >= 4 is 17.5 Å². The van der Waals surface area contributed by atoms with Gasteiger partial charge in [0.05, 0.1) is 6.54 Å². The first-order valence-corrected chi connectivity index (χ1v) is 12.3. The summed E-state index contributed by atoms with van der Waals surface area (Å²) < 4.78 is 0. The Balaban J connectivity index is 1.24. The van der Waals surface area contributed by atoms with Gasteiger partial charge in [0.15, 0.2) is 0 Å². The van der Waals surface area contributed by atoms with E-state index < -0.39 is 0 Å². The van der Waals surface area contributed by atoms with Crippen molar-refractivity contribution in [1.82, 2.24) is 19.6 Å². The normalized spacial score (nSPS) is 21.0. The Kier molecular flexibility index (Phi) is 7.36. The number of carbonyl (C=O) groups is 2. The van der Waals surface area contributed by atoms with E-state index in [9.17, 15) is 9.59 Å². The van der Waals surface area contributed by atoms with Gasteiger partial charge in [0.2, 0.25) is 5.91 Å². The summed E-state index contributed by atoms with van der Waals surface area (Å²) in [5, 5.41) is 0. The number of benzene rings is 1. The van der Waals surface area contributed by atoms with Crippen molar-refractivity contribution in [2.45, 2.75) is 45.2 Å². The van der Waals surface area contributed by atoms with Crippen molar-refractivity contribution in [2.75, 3.05) is 70.9 Å². The molecule has 0 aromatic heterocycles. The van der Waals surface area contributed by atoms with Gasteiger partial charge in [-0.15, -0.1) is 0 Å². The summed E-state index contributed by atoms with van der Waals surface area (Å²) in [7, 11) is 1.85. The second kappa shape index (κ2) is 10.2. The van der Waals surface area contributed by atoms with Crippen LogP contribution in [0.2, 0.25) is 0 Å². The Morgan fingerprint density at radius 3 is 2.28 bits per heavy atom. The lowest BCUT2D eigenvalue weighted by Gasteiger charge is -2.43. The summed E-state index contributed by atoms with van der Waals surface area (Å²) >= 11 is 0. The van der Waals surface area contributed by atoms with Crippen LogP contribution in [0, 0.1) is 0 Å². The molecular weight excluding hydrogens is 402 g/mol. The fraction of sp³-hybridized carbons (Fsp3) is 0.680. The quantitative estimate of drug-likeness (QED) is 0.676. The molecule has 0 N–H and O–H groups in total. The molecule has 0 spiro atoms. The van der Waals surface area contributed by atoms with Gasteiger partial charge in [0, 0.05) is 82.7 Å². The monoisotopic (exact) mass is 441 g/mol. The molecule has 1 aromatic carbocycles. The van der Waals surface area contributed by atoms with Gasteiger partial charge in [-0.25, -0.2) is 0 Å². The average molecular weight is 442 g/mol. The van der Waals surface area contributed by atoms with E-state index in [1.165, 1.54) is 19.3 Å². The van der Waals surface area contributed by atoms with Gasteiger partial charge in [0.25, 0.3) is 5.91 Å². The summed E-state index contributed by atoms with van der Waals surface area (Å²) in [6.07, 6.45) is 4.04. The van der Waals surface area contributed by atoms with Crippen LogP contribution in [0.5, 0.6) is 0 Å². The van der Waals surface area contributed by atoms with Crippen molar-refractivity contribution in [3.05, 3.63) is 29.8 Å². The maximum Gasteiger partial charge on any atom is 0.253 e. The van der Waals surface area contributed by atoms with Crippen molar-refractivity contribution in [1.29, 1.82) is 0 Å². The maximum atomic E-state index is 12.8. The molecule has 176 valence electrons. The molecular formula is C25H39N5O2. The van der Waals surface area contributed by atoms with E-state index in [0.29, 0.717) is 6.54 Å². The van der Waals surface area contributed by atoms with Crippen LogP contribution in [-0.2, 0) is 4.79 Å². The molecule has 0 radical (unpaired) electrons. The number of amides is 2. The van der Waals surface area contributed by atoms with Crippen LogP contribution in [-0.4, -0.2) is 109 Å². The molecule has 1 aromatic rings. The summed E-state index contributed by atoms with van der Waals surface area (Å²) in [5.41, 5.74) is 1.82. The van der Waals surface area contributed by atoms with Gasteiger partial charge >= 0.3 is 0 Å². The van der Waals surface area contributed by atoms with Gasteiger partial charge in [-0.05, 0) is 44.9 Å². The second-order valence-electron chi connectivity index (χ2n) is 9.82. The first kappa shape index (κ1) is 23.1. The molecule has 0 unspecified atom stereocenters. The van der Waals surface area contributed by atoms with E-state index in [-0.39, 0.29) is 17.9 Å². The summed E-state index contributed by atoms with van der Waals surface area (Å²) in [4.78, 5) is 36.5. The first-order chi connectivity index (χ1) is 15.4. The fourth-order valence-electron chi connectivity index (χ4n) is 4.82. The molecule has 2 heterocycles. The van der Waals surface area contributed by atoms with E-state index in [1.807, 2.05) is 39.1 Å². The molecule has 1 aliphatic carbocycles. The molecule has 0 atom stereocenters. The third kappa shape index (κ3) is 5.26. The highest BCUT2D eigenvalue weighted by molar-refractivity contribution is 5.95. The average Bonchev–Trinajstić information content (AvgIpc) is 2.78. The number of piperazine rings is 2. The topological polar surface area (TPSA) is 50.3 Å². The highest BCUT2D eigenvalue weighted by atomic mass is 16.2.